The Morgan fingerprint density at radius 3 is 2.56 bits per heavy atom. The van der Waals surface area contributed by atoms with Gasteiger partial charge in [0.25, 0.3) is 0 Å². The van der Waals surface area contributed by atoms with Gasteiger partial charge in [-0.25, -0.2) is 0 Å². The molecule has 1 aromatic carbocycles. The number of carbonyl (C=O) groups excluding carboxylic acids is 1. The van der Waals surface area contributed by atoms with E-state index in [1.165, 1.54) is 5.56 Å². The number of carbonyl (C=O) groups is 1. The summed E-state index contributed by atoms with van der Waals surface area (Å²) < 4.78 is 0. The summed E-state index contributed by atoms with van der Waals surface area (Å²) in [6.07, 6.45) is 1.53. The number of amides is 1. The van der Waals surface area contributed by atoms with E-state index in [0.29, 0.717) is 12.5 Å². The van der Waals surface area contributed by atoms with Crippen LogP contribution in [0.2, 0.25) is 0 Å². The van der Waals surface area contributed by atoms with Gasteiger partial charge >= 0.3 is 0 Å². The van der Waals surface area contributed by atoms with Crippen LogP contribution in [0.3, 0.4) is 0 Å². The Bertz CT molecular complexity index is 600. The number of guanidine groups is 1. The Morgan fingerprint density at radius 2 is 1.96 bits per heavy atom. The lowest BCUT2D eigenvalue weighted by atomic mass is 10.1. The second-order valence-electron chi connectivity index (χ2n) is 6.92. The number of nitrogens with one attached hydrogen (secondary N) is 2. The minimum Gasteiger partial charge on any atom is -0.354 e. The highest BCUT2D eigenvalue weighted by Crippen LogP contribution is 2.19. The summed E-state index contributed by atoms with van der Waals surface area (Å²) in [5.41, 5.74) is 1.31. The molecular formula is C21H35N5O. The van der Waals surface area contributed by atoms with Crippen LogP contribution in [0.25, 0.3) is 0 Å². The van der Waals surface area contributed by atoms with Crippen LogP contribution < -0.4 is 10.6 Å². The van der Waals surface area contributed by atoms with E-state index in [0.717, 1.165) is 45.1 Å². The highest BCUT2D eigenvalue weighted by molar-refractivity contribution is 5.80. The van der Waals surface area contributed by atoms with Gasteiger partial charge in [-0.2, -0.15) is 0 Å². The maximum Gasteiger partial charge on any atom is 0.222 e. The van der Waals surface area contributed by atoms with Gasteiger partial charge in [-0.3, -0.25) is 14.7 Å². The van der Waals surface area contributed by atoms with Crippen molar-refractivity contribution in [1.82, 2.24) is 20.4 Å². The van der Waals surface area contributed by atoms with Gasteiger partial charge < -0.3 is 15.5 Å². The Hall–Kier alpha value is -2.08. The molecule has 2 unspecified atom stereocenters. The second kappa shape index (κ2) is 10.9. The average molecular weight is 374 g/mol. The molecule has 2 N–H and O–H groups in total. The van der Waals surface area contributed by atoms with Gasteiger partial charge in [-0.15, -0.1) is 0 Å². The zero-order valence-corrected chi connectivity index (χ0v) is 17.2. The van der Waals surface area contributed by atoms with Gasteiger partial charge in [0.2, 0.25) is 5.91 Å². The lowest BCUT2D eigenvalue weighted by Gasteiger charge is -2.31. The summed E-state index contributed by atoms with van der Waals surface area (Å²) in [6.45, 7) is 10.7. The molecule has 27 heavy (non-hydrogen) atoms. The van der Waals surface area contributed by atoms with E-state index in [-0.39, 0.29) is 11.9 Å². The summed E-state index contributed by atoms with van der Waals surface area (Å²) in [7, 11) is 1.80. The lowest BCUT2D eigenvalue weighted by molar-refractivity contribution is -0.129. The van der Waals surface area contributed by atoms with Crippen LogP contribution in [-0.2, 0) is 4.79 Å². The number of hydrogen-bond donors (Lipinski definition) is 2. The molecule has 0 bridgehead atoms. The predicted octanol–water partition coefficient (Wildman–Crippen LogP) is 2.25. The van der Waals surface area contributed by atoms with E-state index in [1.807, 2.05) is 11.8 Å². The predicted molar refractivity (Wildman–Crippen MR) is 112 cm³/mol. The quantitative estimate of drug-likeness (QED) is 0.542. The fourth-order valence-corrected chi connectivity index (χ4v) is 3.71. The first-order valence-electron chi connectivity index (χ1n) is 10.2. The number of likely N-dealkylation sites (tertiary alicyclic amines) is 1. The maximum atomic E-state index is 11.9. The highest BCUT2D eigenvalue weighted by Gasteiger charge is 2.26. The van der Waals surface area contributed by atoms with Crippen molar-refractivity contribution in [2.75, 3.05) is 39.8 Å². The van der Waals surface area contributed by atoms with Crippen molar-refractivity contribution in [2.45, 2.75) is 45.7 Å². The van der Waals surface area contributed by atoms with Gasteiger partial charge in [0.05, 0.1) is 6.04 Å². The van der Waals surface area contributed by atoms with Gasteiger partial charge in [0.15, 0.2) is 5.96 Å². The van der Waals surface area contributed by atoms with Crippen molar-refractivity contribution in [2.24, 2.45) is 4.99 Å². The lowest BCUT2D eigenvalue weighted by Crippen LogP contribution is -2.47. The fourth-order valence-electron chi connectivity index (χ4n) is 3.71. The first kappa shape index (κ1) is 21.2. The minimum absolute atomic E-state index is 0.230. The topological polar surface area (TPSA) is 60.0 Å². The molecule has 0 saturated carbocycles. The maximum absolute atomic E-state index is 11.9. The number of nitrogens with zero attached hydrogens (tertiary/aromatic N) is 3. The monoisotopic (exact) mass is 373 g/mol. The molecule has 1 aromatic rings. The zero-order chi connectivity index (χ0) is 19.6. The molecule has 0 radical (unpaired) electrons. The first-order chi connectivity index (χ1) is 13.1. The van der Waals surface area contributed by atoms with Crippen molar-refractivity contribution in [1.29, 1.82) is 0 Å². The van der Waals surface area contributed by atoms with Crippen molar-refractivity contribution in [3.63, 3.8) is 0 Å². The molecule has 1 aliphatic heterocycles. The fraction of sp³-hybridized carbons (Fsp3) is 0.619. The largest absolute Gasteiger partial charge is 0.354 e. The third-order valence-corrected chi connectivity index (χ3v) is 5.31. The van der Waals surface area contributed by atoms with Gasteiger partial charge in [0.1, 0.15) is 0 Å². The van der Waals surface area contributed by atoms with Crippen LogP contribution in [0.5, 0.6) is 0 Å². The van der Waals surface area contributed by atoms with E-state index < -0.39 is 0 Å². The number of rotatable bonds is 8. The van der Waals surface area contributed by atoms with E-state index in [2.05, 4.69) is 64.7 Å². The van der Waals surface area contributed by atoms with E-state index in [1.54, 1.807) is 7.05 Å². The summed E-state index contributed by atoms with van der Waals surface area (Å²) in [6, 6.07) is 11.2. The summed E-state index contributed by atoms with van der Waals surface area (Å²) in [4.78, 5) is 20.7. The molecule has 0 spiro atoms. The molecule has 0 aliphatic carbocycles. The average Bonchev–Trinajstić information content (AvgIpc) is 3.18. The van der Waals surface area contributed by atoms with Crippen LogP contribution in [0.15, 0.2) is 35.3 Å². The molecule has 2 rings (SSSR count). The Balaban J connectivity index is 1.95. The van der Waals surface area contributed by atoms with Gasteiger partial charge in [-0.1, -0.05) is 51.1 Å². The van der Waals surface area contributed by atoms with E-state index in [9.17, 15) is 4.79 Å². The number of aliphatic imine (C=N–C) groups is 1. The van der Waals surface area contributed by atoms with Crippen LogP contribution in [0.4, 0.5) is 0 Å². The van der Waals surface area contributed by atoms with Gasteiger partial charge in [0, 0.05) is 39.1 Å². The number of likely N-dealkylation sites (N-methyl/N-ethyl adjacent to an activating group) is 1. The van der Waals surface area contributed by atoms with Crippen LogP contribution in [0, 0.1) is 0 Å². The molecule has 1 aliphatic rings. The third-order valence-electron chi connectivity index (χ3n) is 5.31. The van der Waals surface area contributed by atoms with Crippen molar-refractivity contribution >= 4 is 11.9 Å². The minimum atomic E-state index is 0.230. The summed E-state index contributed by atoms with van der Waals surface area (Å²) >= 11 is 0. The molecule has 1 saturated heterocycles. The second-order valence-corrected chi connectivity index (χ2v) is 6.92. The molecule has 1 fully saturated rings. The smallest absolute Gasteiger partial charge is 0.222 e. The molecule has 150 valence electrons. The molecular weight excluding hydrogens is 338 g/mol. The molecule has 2 atom stereocenters. The SMILES string of the molecule is CCC(=O)N1CCC(NC(=NC)NCC(c2ccccc2)N(CC)CC)C1. The van der Waals surface area contributed by atoms with Crippen LogP contribution >= 0.6 is 0 Å². The molecule has 6 nitrogen and oxygen atoms in total. The first-order valence-corrected chi connectivity index (χ1v) is 10.2. The highest BCUT2D eigenvalue weighted by atomic mass is 16.2. The van der Waals surface area contributed by atoms with Crippen LogP contribution in [-0.4, -0.2) is 67.5 Å². The van der Waals surface area contributed by atoms with E-state index >= 15 is 0 Å². The summed E-state index contributed by atoms with van der Waals surface area (Å²) in [5.74, 6) is 1.03. The molecule has 1 amide bonds. The normalized spacial score (nSPS) is 18.6. The van der Waals surface area contributed by atoms with Crippen LogP contribution in [0.1, 0.15) is 45.2 Å². The van der Waals surface area contributed by atoms with Crippen molar-refractivity contribution < 1.29 is 4.79 Å². The van der Waals surface area contributed by atoms with Crippen molar-refractivity contribution in [3.05, 3.63) is 35.9 Å². The van der Waals surface area contributed by atoms with Crippen molar-refractivity contribution in [3.8, 4) is 0 Å². The molecule has 6 heteroatoms. The number of benzene rings is 1. The molecule has 1 heterocycles. The third kappa shape index (κ3) is 5.96. The Kier molecular flexibility index (Phi) is 8.58. The van der Waals surface area contributed by atoms with Gasteiger partial charge in [-0.05, 0) is 25.1 Å². The molecule has 0 aromatic heterocycles. The zero-order valence-electron chi connectivity index (χ0n) is 17.2. The summed E-state index contributed by atoms with van der Waals surface area (Å²) in [5, 5.41) is 6.98. The number of hydrogen-bond acceptors (Lipinski definition) is 3. The Morgan fingerprint density at radius 1 is 1.26 bits per heavy atom. The van der Waals surface area contributed by atoms with E-state index in [4.69, 9.17) is 0 Å². The Labute approximate surface area is 164 Å². The standard InChI is InChI=1S/C21H35N5O/c1-5-20(27)26-14-13-18(16-26)24-21(22-4)23-15-19(25(6-2)7-3)17-11-9-8-10-12-17/h8-12,18-19H,5-7,13-16H2,1-4H3,(H2,22,23,24).